The second kappa shape index (κ2) is 8.71. The maximum Gasteiger partial charge on any atom is 0.265 e. The third kappa shape index (κ3) is 5.25. The first kappa shape index (κ1) is 18.3. The lowest BCUT2D eigenvalue weighted by Gasteiger charge is -2.29. The minimum atomic E-state index is -0.105. The maximum absolute atomic E-state index is 12.1. The lowest BCUT2D eigenvalue weighted by Crippen LogP contribution is -2.42. The van der Waals surface area contributed by atoms with Gasteiger partial charge in [0.1, 0.15) is 5.75 Å². The molecule has 0 aliphatic carbocycles. The van der Waals surface area contributed by atoms with Crippen LogP contribution in [0.4, 0.5) is 5.69 Å². The van der Waals surface area contributed by atoms with Crippen LogP contribution in [-0.4, -0.2) is 31.0 Å². The van der Waals surface area contributed by atoms with Crippen molar-refractivity contribution < 1.29 is 14.3 Å². The van der Waals surface area contributed by atoms with Gasteiger partial charge in [0.2, 0.25) is 5.91 Å². The number of nitrogens with zero attached hydrogens (tertiary/aromatic N) is 1. The number of carbonyl (C=O) groups is 2. The van der Waals surface area contributed by atoms with E-state index >= 15 is 0 Å². The summed E-state index contributed by atoms with van der Waals surface area (Å²) in [6.45, 7) is 6.86. The molecule has 1 aromatic carbocycles. The fourth-order valence-electron chi connectivity index (χ4n) is 2.86. The molecule has 132 valence electrons. The number of carbonyl (C=O) groups excluding carboxylic acids is 2. The third-order valence-corrected chi connectivity index (χ3v) is 4.20. The Labute approximate surface area is 144 Å². The second-order valence-electron chi connectivity index (χ2n) is 6.85. The average Bonchev–Trinajstić information content (AvgIpc) is 2.53. The van der Waals surface area contributed by atoms with E-state index < -0.39 is 0 Å². The fraction of sp³-hybridized carbons (Fsp3) is 0.579. The molecule has 0 spiro atoms. The molecule has 0 saturated heterocycles. The predicted octanol–water partition coefficient (Wildman–Crippen LogP) is 3.13. The van der Waals surface area contributed by atoms with Crippen molar-refractivity contribution >= 4 is 17.5 Å². The number of nitrogens with one attached hydrogen (secondary N) is 1. The Hall–Kier alpha value is -2.04. The molecule has 0 bridgehead atoms. The summed E-state index contributed by atoms with van der Waals surface area (Å²) in [5.41, 5.74) is 0.742. The lowest BCUT2D eigenvalue weighted by molar-refractivity contribution is -0.122. The van der Waals surface area contributed by atoms with Crippen LogP contribution >= 0.6 is 0 Å². The number of para-hydroxylation sites is 2. The quantitative estimate of drug-likeness (QED) is 0.795. The molecule has 0 saturated carbocycles. The summed E-state index contributed by atoms with van der Waals surface area (Å²) in [4.78, 5) is 25.8. The number of hydrogen-bond acceptors (Lipinski definition) is 3. The lowest BCUT2D eigenvalue weighted by atomic mass is 10.0. The third-order valence-electron chi connectivity index (χ3n) is 4.20. The summed E-state index contributed by atoms with van der Waals surface area (Å²) >= 11 is 0. The van der Waals surface area contributed by atoms with Crippen molar-refractivity contribution in [1.82, 2.24) is 5.32 Å². The van der Waals surface area contributed by atoms with Crippen molar-refractivity contribution in [3.8, 4) is 5.75 Å². The first-order chi connectivity index (χ1) is 11.5. The van der Waals surface area contributed by atoms with E-state index in [1.54, 1.807) is 4.90 Å². The number of anilines is 1. The molecule has 5 heteroatoms. The molecule has 0 aromatic heterocycles. The highest BCUT2D eigenvalue weighted by atomic mass is 16.5. The van der Waals surface area contributed by atoms with E-state index in [4.69, 9.17) is 4.74 Å². The summed E-state index contributed by atoms with van der Waals surface area (Å²) in [7, 11) is 0. The topological polar surface area (TPSA) is 58.6 Å². The Kier molecular flexibility index (Phi) is 6.64. The molecule has 0 fully saturated rings. The van der Waals surface area contributed by atoms with E-state index in [-0.39, 0.29) is 24.5 Å². The number of rotatable bonds is 8. The van der Waals surface area contributed by atoms with E-state index in [0.29, 0.717) is 24.6 Å². The van der Waals surface area contributed by atoms with Gasteiger partial charge < -0.3 is 15.0 Å². The van der Waals surface area contributed by atoms with Crippen LogP contribution in [0.15, 0.2) is 24.3 Å². The molecule has 1 aliphatic heterocycles. The Morgan fingerprint density at radius 1 is 1.25 bits per heavy atom. The van der Waals surface area contributed by atoms with E-state index in [1.807, 2.05) is 31.2 Å². The highest BCUT2D eigenvalue weighted by Crippen LogP contribution is 2.31. The zero-order chi connectivity index (χ0) is 17.5. The van der Waals surface area contributed by atoms with Gasteiger partial charge in [0.25, 0.3) is 5.91 Å². The monoisotopic (exact) mass is 332 g/mol. The molecule has 1 aliphatic rings. The highest BCUT2D eigenvalue weighted by Gasteiger charge is 2.25. The zero-order valence-electron chi connectivity index (χ0n) is 14.9. The molecule has 1 N–H and O–H groups in total. The maximum atomic E-state index is 12.1. The second-order valence-corrected chi connectivity index (χ2v) is 6.85. The van der Waals surface area contributed by atoms with Gasteiger partial charge in [-0.15, -0.1) is 0 Å². The normalized spacial score (nSPS) is 15.0. The standard InChI is InChI=1S/C19H28N2O3/c1-14(2)7-6-8-15(3)20-18(22)11-12-21-16-9-4-5-10-17(16)24-13-19(21)23/h4-5,9-10,14-15H,6-8,11-13H2,1-3H3,(H,20,22). The van der Waals surface area contributed by atoms with Gasteiger partial charge in [-0.1, -0.05) is 38.8 Å². The molecule has 1 atom stereocenters. The Bertz CT molecular complexity index is 571. The Morgan fingerprint density at radius 2 is 2.00 bits per heavy atom. The van der Waals surface area contributed by atoms with Gasteiger partial charge in [-0.05, 0) is 31.4 Å². The van der Waals surface area contributed by atoms with Crippen molar-refractivity contribution in [3.05, 3.63) is 24.3 Å². The van der Waals surface area contributed by atoms with Gasteiger partial charge in [0.05, 0.1) is 5.69 Å². The van der Waals surface area contributed by atoms with Crippen LogP contribution in [0.25, 0.3) is 0 Å². The van der Waals surface area contributed by atoms with E-state index in [0.717, 1.165) is 18.5 Å². The molecule has 1 aromatic rings. The summed E-state index contributed by atoms with van der Waals surface area (Å²) in [5.74, 6) is 1.27. The minimum Gasteiger partial charge on any atom is -0.482 e. The van der Waals surface area contributed by atoms with Crippen molar-refractivity contribution in [1.29, 1.82) is 0 Å². The Morgan fingerprint density at radius 3 is 2.75 bits per heavy atom. The van der Waals surface area contributed by atoms with Crippen LogP contribution < -0.4 is 15.0 Å². The van der Waals surface area contributed by atoms with Gasteiger partial charge in [-0.25, -0.2) is 0 Å². The van der Waals surface area contributed by atoms with Crippen molar-refractivity contribution in [2.45, 2.75) is 52.5 Å². The summed E-state index contributed by atoms with van der Waals surface area (Å²) in [5, 5.41) is 3.02. The summed E-state index contributed by atoms with van der Waals surface area (Å²) in [6.07, 6.45) is 3.59. The van der Waals surface area contributed by atoms with Gasteiger partial charge in [0.15, 0.2) is 6.61 Å². The van der Waals surface area contributed by atoms with E-state index in [2.05, 4.69) is 19.2 Å². The van der Waals surface area contributed by atoms with Crippen molar-refractivity contribution in [2.24, 2.45) is 5.92 Å². The highest BCUT2D eigenvalue weighted by molar-refractivity contribution is 5.98. The van der Waals surface area contributed by atoms with Gasteiger partial charge in [0, 0.05) is 19.0 Å². The number of amides is 2. The Balaban J connectivity index is 1.80. The van der Waals surface area contributed by atoms with Crippen LogP contribution in [0.2, 0.25) is 0 Å². The smallest absolute Gasteiger partial charge is 0.265 e. The molecular formula is C19H28N2O3. The molecule has 1 heterocycles. The van der Waals surface area contributed by atoms with Crippen LogP contribution in [0.5, 0.6) is 5.75 Å². The van der Waals surface area contributed by atoms with Gasteiger partial charge >= 0.3 is 0 Å². The number of hydrogen-bond donors (Lipinski definition) is 1. The molecule has 0 radical (unpaired) electrons. The molecule has 2 amide bonds. The van der Waals surface area contributed by atoms with Crippen molar-refractivity contribution in [2.75, 3.05) is 18.1 Å². The number of fused-ring (bicyclic) bond motifs is 1. The SMILES string of the molecule is CC(C)CCCC(C)NC(=O)CCN1C(=O)COc2ccccc21. The van der Waals surface area contributed by atoms with Gasteiger partial charge in [-0.3, -0.25) is 9.59 Å². The van der Waals surface area contributed by atoms with Crippen LogP contribution in [0, 0.1) is 5.92 Å². The number of ether oxygens (including phenoxy) is 1. The predicted molar refractivity (Wildman–Crippen MR) is 95.2 cm³/mol. The summed E-state index contributed by atoms with van der Waals surface area (Å²) in [6, 6.07) is 7.59. The first-order valence-corrected chi connectivity index (χ1v) is 8.79. The van der Waals surface area contributed by atoms with Crippen LogP contribution in [0.1, 0.15) is 46.5 Å². The molecular weight excluding hydrogens is 304 g/mol. The molecule has 24 heavy (non-hydrogen) atoms. The summed E-state index contributed by atoms with van der Waals surface area (Å²) < 4.78 is 5.41. The fourth-order valence-corrected chi connectivity index (χ4v) is 2.86. The minimum absolute atomic E-state index is 0.0104. The molecule has 5 nitrogen and oxygen atoms in total. The van der Waals surface area contributed by atoms with E-state index in [1.165, 1.54) is 6.42 Å². The van der Waals surface area contributed by atoms with E-state index in [9.17, 15) is 9.59 Å². The molecule has 2 rings (SSSR count). The van der Waals surface area contributed by atoms with Gasteiger partial charge in [-0.2, -0.15) is 0 Å². The van der Waals surface area contributed by atoms with Crippen molar-refractivity contribution in [3.63, 3.8) is 0 Å². The first-order valence-electron chi connectivity index (χ1n) is 8.79. The largest absolute Gasteiger partial charge is 0.482 e. The zero-order valence-corrected chi connectivity index (χ0v) is 14.9. The average molecular weight is 332 g/mol. The van der Waals surface area contributed by atoms with Crippen LogP contribution in [-0.2, 0) is 9.59 Å². The molecule has 1 unspecified atom stereocenters. The number of benzene rings is 1. The van der Waals surface area contributed by atoms with Crippen LogP contribution in [0.3, 0.4) is 0 Å².